The SMILES string of the molecule is NC1CCN(c2ccc(C(=O)O)o2)C1. The molecule has 14 heavy (non-hydrogen) atoms. The maximum absolute atomic E-state index is 10.6. The van der Waals surface area contributed by atoms with E-state index in [9.17, 15) is 4.79 Å². The molecule has 1 atom stereocenters. The van der Waals surface area contributed by atoms with Crippen LogP contribution in [0.5, 0.6) is 0 Å². The van der Waals surface area contributed by atoms with Crippen molar-refractivity contribution in [2.75, 3.05) is 18.0 Å². The van der Waals surface area contributed by atoms with Crippen LogP contribution < -0.4 is 10.6 Å². The highest BCUT2D eigenvalue weighted by atomic mass is 16.4. The Hall–Kier alpha value is -1.49. The van der Waals surface area contributed by atoms with Crippen molar-refractivity contribution in [1.29, 1.82) is 0 Å². The molecule has 1 aromatic heterocycles. The summed E-state index contributed by atoms with van der Waals surface area (Å²) in [5.41, 5.74) is 5.73. The predicted molar refractivity (Wildman–Crippen MR) is 50.5 cm³/mol. The molecule has 1 unspecified atom stereocenters. The molecule has 0 bridgehead atoms. The van der Waals surface area contributed by atoms with Crippen LogP contribution in [-0.4, -0.2) is 30.2 Å². The highest BCUT2D eigenvalue weighted by molar-refractivity contribution is 5.84. The van der Waals surface area contributed by atoms with E-state index >= 15 is 0 Å². The number of nitrogens with two attached hydrogens (primary N) is 1. The van der Waals surface area contributed by atoms with Gasteiger partial charge in [-0.3, -0.25) is 0 Å². The number of rotatable bonds is 2. The van der Waals surface area contributed by atoms with Crippen LogP contribution >= 0.6 is 0 Å². The zero-order chi connectivity index (χ0) is 10.1. The molecule has 5 nitrogen and oxygen atoms in total. The second kappa shape index (κ2) is 3.34. The van der Waals surface area contributed by atoms with Gasteiger partial charge in [-0.15, -0.1) is 0 Å². The van der Waals surface area contributed by atoms with Crippen molar-refractivity contribution >= 4 is 11.9 Å². The zero-order valence-electron chi connectivity index (χ0n) is 7.64. The summed E-state index contributed by atoms with van der Waals surface area (Å²) in [5.74, 6) is -0.476. The first-order valence-corrected chi connectivity index (χ1v) is 4.50. The molecule has 2 heterocycles. The lowest BCUT2D eigenvalue weighted by atomic mass is 10.3. The highest BCUT2D eigenvalue weighted by Gasteiger charge is 2.22. The van der Waals surface area contributed by atoms with Gasteiger partial charge in [-0.05, 0) is 12.5 Å². The number of carboxylic acid groups (broad SMARTS) is 1. The Balaban J connectivity index is 2.13. The predicted octanol–water partition coefficient (Wildman–Crippen LogP) is 0.515. The number of aromatic carboxylic acids is 1. The van der Waals surface area contributed by atoms with E-state index in [0.717, 1.165) is 19.5 Å². The van der Waals surface area contributed by atoms with E-state index < -0.39 is 5.97 Å². The van der Waals surface area contributed by atoms with Crippen LogP contribution in [0.2, 0.25) is 0 Å². The lowest BCUT2D eigenvalue weighted by molar-refractivity contribution is 0.0663. The van der Waals surface area contributed by atoms with Crippen LogP contribution in [0, 0.1) is 0 Å². The van der Waals surface area contributed by atoms with E-state index in [4.69, 9.17) is 15.3 Å². The van der Waals surface area contributed by atoms with Gasteiger partial charge in [-0.25, -0.2) is 4.79 Å². The van der Waals surface area contributed by atoms with E-state index in [-0.39, 0.29) is 11.8 Å². The molecule has 2 rings (SSSR count). The van der Waals surface area contributed by atoms with Gasteiger partial charge >= 0.3 is 5.97 Å². The van der Waals surface area contributed by atoms with Gasteiger partial charge in [0.25, 0.3) is 0 Å². The molecule has 3 N–H and O–H groups in total. The van der Waals surface area contributed by atoms with Crippen molar-refractivity contribution in [2.45, 2.75) is 12.5 Å². The quantitative estimate of drug-likeness (QED) is 0.720. The third-order valence-corrected chi connectivity index (χ3v) is 2.34. The molecular formula is C9H12N2O3. The van der Waals surface area contributed by atoms with Gasteiger partial charge in [0.1, 0.15) is 0 Å². The Morgan fingerprint density at radius 3 is 2.93 bits per heavy atom. The molecule has 1 aliphatic heterocycles. The van der Waals surface area contributed by atoms with Crippen LogP contribution in [0.4, 0.5) is 5.88 Å². The van der Waals surface area contributed by atoms with Crippen LogP contribution in [0.3, 0.4) is 0 Å². The normalized spacial score (nSPS) is 21.5. The fourth-order valence-electron chi connectivity index (χ4n) is 1.60. The van der Waals surface area contributed by atoms with Crippen molar-refractivity contribution in [3.8, 4) is 0 Å². The third kappa shape index (κ3) is 1.58. The Morgan fingerprint density at radius 1 is 1.64 bits per heavy atom. The van der Waals surface area contributed by atoms with Crippen LogP contribution in [0.1, 0.15) is 17.0 Å². The van der Waals surface area contributed by atoms with Gasteiger partial charge in [0.15, 0.2) is 5.88 Å². The lowest BCUT2D eigenvalue weighted by Gasteiger charge is -2.13. The van der Waals surface area contributed by atoms with Gasteiger partial charge in [-0.1, -0.05) is 0 Å². The van der Waals surface area contributed by atoms with Gasteiger partial charge in [0, 0.05) is 25.2 Å². The van der Waals surface area contributed by atoms with E-state index in [1.165, 1.54) is 6.07 Å². The first-order valence-electron chi connectivity index (χ1n) is 4.50. The molecule has 0 radical (unpaired) electrons. The number of carbonyl (C=O) groups is 1. The summed E-state index contributed by atoms with van der Waals surface area (Å²) in [5, 5.41) is 8.66. The van der Waals surface area contributed by atoms with E-state index in [2.05, 4.69) is 0 Å². The summed E-state index contributed by atoms with van der Waals surface area (Å²) in [6.45, 7) is 1.56. The summed E-state index contributed by atoms with van der Waals surface area (Å²) in [6.07, 6.45) is 0.920. The molecule has 0 aromatic carbocycles. The maximum atomic E-state index is 10.6. The molecule has 0 saturated carbocycles. The number of anilines is 1. The van der Waals surface area contributed by atoms with Crippen molar-refractivity contribution in [3.05, 3.63) is 17.9 Å². The summed E-state index contributed by atoms with van der Waals surface area (Å²) < 4.78 is 5.15. The first kappa shape index (κ1) is 9.08. The largest absolute Gasteiger partial charge is 0.475 e. The number of nitrogens with zero attached hydrogens (tertiary/aromatic N) is 1. The average molecular weight is 196 g/mol. The van der Waals surface area contributed by atoms with Crippen molar-refractivity contribution < 1.29 is 14.3 Å². The van der Waals surface area contributed by atoms with Crippen LogP contribution in [0.15, 0.2) is 16.5 Å². The lowest BCUT2D eigenvalue weighted by Crippen LogP contribution is -2.25. The summed E-state index contributed by atoms with van der Waals surface area (Å²) in [7, 11) is 0. The minimum atomic E-state index is -1.04. The summed E-state index contributed by atoms with van der Waals surface area (Å²) >= 11 is 0. The number of furan rings is 1. The van der Waals surface area contributed by atoms with Crippen molar-refractivity contribution in [3.63, 3.8) is 0 Å². The number of hydrogen-bond donors (Lipinski definition) is 2. The second-order valence-corrected chi connectivity index (χ2v) is 3.44. The Labute approximate surface area is 81.1 Å². The standard InChI is InChI=1S/C9H12N2O3/c10-6-3-4-11(5-6)8-2-1-7(14-8)9(12)13/h1-2,6H,3-5,10H2,(H,12,13). The molecule has 1 fully saturated rings. The molecule has 0 amide bonds. The van der Waals surface area contributed by atoms with Crippen molar-refractivity contribution in [2.24, 2.45) is 5.73 Å². The van der Waals surface area contributed by atoms with Crippen LogP contribution in [0.25, 0.3) is 0 Å². The van der Waals surface area contributed by atoms with Gasteiger partial charge in [-0.2, -0.15) is 0 Å². The smallest absolute Gasteiger partial charge is 0.371 e. The monoisotopic (exact) mass is 196 g/mol. The summed E-state index contributed by atoms with van der Waals surface area (Å²) in [6, 6.07) is 3.29. The molecule has 0 aliphatic carbocycles. The second-order valence-electron chi connectivity index (χ2n) is 3.44. The average Bonchev–Trinajstić information content (AvgIpc) is 2.70. The van der Waals surface area contributed by atoms with E-state index in [1.54, 1.807) is 6.07 Å². The molecule has 5 heteroatoms. The van der Waals surface area contributed by atoms with Gasteiger partial charge in [0.05, 0.1) is 0 Å². The zero-order valence-corrected chi connectivity index (χ0v) is 7.64. The minimum Gasteiger partial charge on any atom is -0.475 e. The molecular weight excluding hydrogens is 184 g/mol. The Morgan fingerprint density at radius 2 is 2.43 bits per heavy atom. The Bertz CT molecular complexity index is 348. The fourth-order valence-corrected chi connectivity index (χ4v) is 1.60. The molecule has 1 aromatic rings. The highest BCUT2D eigenvalue weighted by Crippen LogP contribution is 2.22. The number of carboxylic acids is 1. The van der Waals surface area contributed by atoms with Gasteiger partial charge in [0.2, 0.25) is 5.76 Å². The molecule has 76 valence electrons. The fraction of sp³-hybridized carbons (Fsp3) is 0.444. The molecule has 1 saturated heterocycles. The van der Waals surface area contributed by atoms with E-state index in [0.29, 0.717) is 5.88 Å². The van der Waals surface area contributed by atoms with Crippen molar-refractivity contribution in [1.82, 2.24) is 0 Å². The van der Waals surface area contributed by atoms with E-state index in [1.807, 2.05) is 4.90 Å². The Kier molecular flexibility index (Phi) is 2.17. The number of hydrogen-bond acceptors (Lipinski definition) is 4. The maximum Gasteiger partial charge on any atom is 0.371 e. The molecule has 1 aliphatic rings. The van der Waals surface area contributed by atoms with Crippen LogP contribution in [-0.2, 0) is 0 Å². The minimum absolute atomic E-state index is 0.0273. The molecule has 0 spiro atoms. The third-order valence-electron chi connectivity index (χ3n) is 2.34. The first-order chi connectivity index (χ1) is 6.66. The van der Waals surface area contributed by atoms with Gasteiger partial charge < -0.3 is 20.2 Å². The summed E-state index contributed by atoms with van der Waals surface area (Å²) in [4.78, 5) is 12.5. The topological polar surface area (TPSA) is 79.7 Å².